The standard InChI is InChI=1S/C19H19F3N2O4/c1-26-15-7-12(8-16(9-15)27-2)18(25)24-6-5-14(11-24)28-17-4-3-13(10-23-17)19(20,21)22/h3-4,7-10,14H,5-6,11H2,1-2H3/t14-/m1/s1. The number of benzene rings is 1. The van der Waals surface area contributed by atoms with Gasteiger partial charge in [0, 0.05) is 36.9 Å². The van der Waals surface area contributed by atoms with Gasteiger partial charge in [-0.05, 0) is 18.2 Å². The fraction of sp³-hybridized carbons (Fsp3) is 0.368. The first-order valence-electron chi connectivity index (χ1n) is 8.52. The Morgan fingerprint density at radius 2 is 1.82 bits per heavy atom. The fourth-order valence-corrected chi connectivity index (χ4v) is 2.91. The molecule has 1 aliphatic rings. The van der Waals surface area contributed by atoms with Gasteiger partial charge in [-0.15, -0.1) is 0 Å². The highest BCUT2D eigenvalue weighted by Gasteiger charge is 2.32. The van der Waals surface area contributed by atoms with Gasteiger partial charge in [0.1, 0.15) is 17.6 Å². The van der Waals surface area contributed by atoms with Crippen molar-refractivity contribution in [3.63, 3.8) is 0 Å². The molecule has 1 aliphatic heterocycles. The average molecular weight is 396 g/mol. The summed E-state index contributed by atoms with van der Waals surface area (Å²) < 4.78 is 53.8. The predicted octanol–water partition coefficient (Wildman–Crippen LogP) is 3.41. The zero-order chi connectivity index (χ0) is 20.3. The summed E-state index contributed by atoms with van der Waals surface area (Å²) in [6.07, 6.45) is -3.51. The van der Waals surface area contributed by atoms with Gasteiger partial charge >= 0.3 is 6.18 Å². The molecular formula is C19H19F3N2O4. The van der Waals surface area contributed by atoms with Crippen molar-refractivity contribution in [3.05, 3.63) is 47.7 Å². The molecule has 0 bridgehead atoms. The number of nitrogens with zero attached hydrogens (tertiary/aromatic N) is 2. The first-order valence-corrected chi connectivity index (χ1v) is 8.52. The molecule has 2 heterocycles. The lowest BCUT2D eigenvalue weighted by Crippen LogP contribution is -2.31. The topological polar surface area (TPSA) is 60.9 Å². The Hall–Kier alpha value is -2.97. The molecule has 1 atom stereocenters. The van der Waals surface area contributed by atoms with Gasteiger partial charge < -0.3 is 19.1 Å². The van der Waals surface area contributed by atoms with Crippen LogP contribution in [0.25, 0.3) is 0 Å². The van der Waals surface area contributed by atoms with Crippen LogP contribution in [-0.2, 0) is 6.18 Å². The summed E-state index contributed by atoms with van der Waals surface area (Å²) in [7, 11) is 3.00. The molecule has 0 spiro atoms. The summed E-state index contributed by atoms with van der Waals surface area (Å²) in [5, 5.41) is 0. The Morgan fingerprint density at radius 3 is 2.36 bits per heavy atom. The number of hydrogen-bond donors (Lipinski definition) is 0. The van der Waals surface area contributed by atoms with E-state index in [9.17, 15) is 18.0 Å². The minimum atomic E-state index is -4.44. The van der Waals surface area contributed by atoms with Gasteiger partial charge in [-0.3, -0.25) is 4.79 Å². The van der Waals surface area contributed by atoms with Crippen molar-refractivity contribution < 1.29 is 32.2 Å². The minimum Gasteiger partial charge on any atom is -0.497 e. The molecule has 0 aliphatic carbocycles. The largest absolute Gasteiger partial charge is 0.497 e. The quantitative estimate of drug-likeness (QED) is 0.775. The molecule has 1 aromatic heterocycles. The van der Waals surface area contributed by atoms with E-state index in [0.717, 1.165) is 12.3 Å². The Labute approximate surface area is 159 Å². The van der Waals surface area contributed by atoms with E-state index in [-0.39, 0.29) is 17.9 Å². The number of ether oxygens (including phenoxy) is 3. The van der Waals surface area contributed by atoms with E-state index < -0.39 is 11.7 Å². The predicted molar refractivity (Wildman–Crippen MR) is 93.7 cm³/mol. The van der Waals surface area contributed by atoms with Gasteiger partial charge in [-0.25, -0.2) is 4.98 Å². The Kier molecular flexibility index (Phi) is 5.62. The van der Waals surface area contributed by atoms with Crippen molar-refractivity contribution >= 4 is 5.91 Å². The Bertz CT molecular complexity index is 818. The molecule has 9 heteroatoms. The highest BCUT2D eigenvalue weighted by Crippen LogP contribution is 2.30. The lowest BCUT2D eigenvalue weighted by molar-refractivity contribution is -0.137. The second-order valence-corrected chi connectivity index (χ2v) is 6.26. The SMILES string of the molecule is COc1cc(OC)cc(C(=O)N2CC[C@@H](Oc3ccc(C(F)(F)F)cn3)C2)c1. The van der Waals surface area contributed by atoms with E-state index in [1.807, 2.05) is 0 Å². The summed E-state index contributed by atoms with van der Waals surface area (Å²) in [5.74, 6) is 0.895. The van der Waals surface area contributed by atoms with Crippen LogP contribution < -0.4 is 14.2 Å². The van der Waals surface area contributed by atoms with Crippen molar-refractivity contribution in [2.24, 2.45) is 0 Å². The summed E-state index contributed by atoms with van der Waals surface area (Å²) in [4.78, 5) is 18.1. The van der Waals surface area contributed by atoms with E-state index >= 15 is 0 Å². The first-order chi connectivity index (χ1) is 13.3. The monoisotopic (exact) mass is 396 g/mol. The maximum absolute atomic E-state index is 12.8. The second-order valence-electron chi connectivity index (χ2n) is 6.26. The van der Waals surface area contributed by atoms with Crippen LogP contribution in [0, 0.1) is 0 Å². The molecule has 0 radical (unpaired) electrons. The lowest BCUT2D eigenvalue weighted by atomic mass is 10.1. The van der Waals surface area contributed by atoms with Crippen molar-refractivity contribution in [2.75, 3.05) is 27.3 Å². The third kappa shape index (κ3) is 4.47. The van der Waals surface area contributed by atoms with Gasteiger partial charge in [-0.1, -0.05) is 0 Å². The summed E-state index contributed by atoms with van der Waals surface area (Å²) >= 11 is 0. The zero-order valence-corrected chi connectivity index (χ0v) is 15.3. The highest BCUT2D eigenvalue weighted by molar-refractivity contribution is 5.95. The Morgan fingerprint density at radius 1 is 1.14 bits per heavy atom. The van der Waals surface area contributed by atoms with Crippen LogP contribution in [0.2, 0.25) is 0 Å². The number of likely N-dealkylation sites (tertiary alicyclic amines) is 1. The number of carbonyl (C=O) groups excluding carboxylic acids is 1. The number of methoxy groups -OCH3 is 2. The minimum absolute atomic E-state index is 0.0929. The number of hydrogen-bond acceptors (Lipinski definition) is 5. The molecular weight excluding hydrogens is 377 g/mol. The van der Waals surface area contributed by atoms with E-state index in [4.69, 9.17) is 14.2 Å². The van der Waals surface area contributed by atoms with Crippen molar-refractivity contribution in [3.8, 4) is 17.4 Å². The summed E-state index contributed by atoms with van der Waals surface area (Å²) in [5.41, 5.74) is -0.417. The average Bonchev–Trinajstić information content (AvgIpc) is 3.15. The molecule has 1 amide bonds. The smallest absolute Gasteiger partial charge is 0.417 e. The highest BCUT2D eigenvalue weighted by atomic mass is 19.4. The van der Waals surface area contributed by atoms with Crippen molar-refractivity contribution in [1.29, 1.82) is 0 Å². The first kappa shape index (κ1) is 19.8. The van der Waals surface area contributed by atoms with Gasteiger partial charge in [0.05, 0.1) is 26.3 Å². The van der Waals surface area contributed by atoms with Crippen LogP contribution in [0.1, 0.15) is 22.3 Å². The normalized spacial score (nSPS) is 16.8. The Balaban J connectivity index is 1.64. The number of aromatic nitrogens is 1. The molecule has 2 aromatic rings. The van der Waals surface area contributed by atoms with Crippen LogP contribution in [0.5, 0.6) is 17.4 Å². The number of pyridine rings is 1. The van der Waals surface area contributed by atoms with Gasteiger partial charge in [0.25, 0.3) is 5.91 Å². The molecule has 6 nitrogen and oxygen atoms in total. The second kappa shape index (κ2) is 7.95. The van der Waals surface area contributed by atoms with E-state index in [2.05, 4.69) is 4.98 Å². The number of halogens is 3. The van der Waals surface area contributed by atoms with Crippen LogP contribution in [-0.4, -0.2) is 49.2 Å². The maximum Gasteiger partial charge on any atom is 0.417 e. The van der Waals surface area contributed by atoms with Crippen LogP contribution in [0.15, 0.2) is 36.5 Å². The molecule has 28 heavy (non-hydrogen) atoms. The van der Waals surface area contributed by atoms with Gasteiger partial charge in [-0.2, -0.15) is 13.2 Å². The van der Waals surface area contributed by atoms with E-state index in [0.29, 0.717) is 36.6 Å². The molecule has 1 fully saturated rings. The van der Waals surface area contributed by atoms with Gasteiger partial charge in [0.15, 0.2) is 0 Å². The molecule has 0 saturated carbocycles. The maximum atomic E-state index is 12.8. The molecule has 3 rings (SSSR count). The van der Waals surface area contributed by atoms with Crippen LogP contribution >= 0.6 is 0 Å². The van der Waals surface area contributed by atoms with Crippen LogP contribution in [0.4, 0.5) is 13.2 Å². The third-order valence-corrected chi connectivity index (χ3v) is 4.38. The van der Waals surface area contributed by atoms with Gasteiger partial charge in [0.2, 0.25) is 5.88 Å². The molecule has 1 aromatic carbocycles. The van der Waals surface area contributed by atoms with Crippen molar-refractivity contribution in [2.45, 2.75) is 18.7 Å². The zero-order valence-electron chi connectivity index (χ0n) is 15.3. The lowest BCUT2D eigenvalue weighted by Gasteiger charge is -2.18. The number of amides is 1. The van der Waals surface area contributed by atoms with Crippen molar-refractivity contribution in [1.82, 2.24) is 9.88 Å². The fourth-order valence-electron chi connectivity index (χ4n) is 2.91. The molecule has 0 N–H and O–H groups in total. The summed E-state index contributed by atoms with van der Waals surface area (Å²) in [6, 6.07) is 7.01. The molecule has 150 valence electrons. The third-order valence-electron chi connectivity index (χ3n) is 4.38. The number of carbonyl (C=O) groups is 1. The summed E-state index contributed by atoms with van der Waals surface area (Å²) in [6.45, 7) is 0.769. The van der Waals surface area contributed by atoms with E-state index in [1.165, 1.54) is 20.3 Å². The molecule has 1 saturated heterocycles. The van der Waals surface area contributed by atoms with Crippen LogP contribution in [0.3, 0.4) is 0 Å². The molecule has 0 unspecified atom stereocenters. The number of rotatable bonds is 5. The number of alkyl halides is 3. The van der Waals surface area contributed by atoms with E-state index in [1.54, 1.807) is 23.1 Å².